The molecular weight excluding hydrogens is 251 g/mol. The van der Waals surface area contributed by atoms with Gasteiger partial charge in [-0.1, -0.05) is 42.5 Å². The van der Waals surface area contributed by atoms with Crippen molar-refractivity contribution in [1.82, 2.24) is 0 Å². The van der Waals surface area contributed by atoms with Crippen molar-refractivity contribution < 1.29 is 31.3 Å². The summed E-state index contributed by atoms with van der Waals surface area (Å²) in [6.07, 6.45) is 0. The Hall–Kier alpha value is -0.877. The number of hydrogen-bond acceptors (Lipinski definition) is 1. The largest absolute Gasteiger partial charge is 0.508 e. The van der Waals surface area contributed by atoms with Crippen molar-refractivity contribution in [1.29, 1.82) is 0 Å². The first-order chi connectivity index (χ1) is 6.36. The van der Waals surface area contributed by atoms with E-state index >= 15 is 0 Å². The molecular formula is C12H10OZr. The number of benzene rings is 2. The third-order valence-corrected chi connectivity index (χ3v) is 1.97. The summed E-state index contributed by atoms with van der Waals surface area (Å²) in [7, 11) is 0. The number of phenolic OH excluding ortho intramolecular Hbond substituents is 1. The summed E-state index contributed by atoms with van der Waals surface area (Å²) < 4.78 is 0. The molecule has 0 amide bonds. The van der Waals surface area contributed by atoms with Gasteiger partial charge in [-0.05, 0) is 23.3 Å². The molecule has 1 N–H and O–H groups in total. The first kappa shape index (κ1) is 11.2. The number of rotatable bonds is 1. The SMILES string of the molecule is Oc1ccc(-c2ccccc2)cc1.[Zr]. The molecule has 0 saturated heterocycles. The number of hydrogen-bond donors (Lipinski definition) is 1. The third-order valence-electron chi connectivity index (χ3n) is 1.97. The van der Waals surface area contributed by atoms with Gasteiger partial charge in [0.15, 0.2) is 0 Å². The van der Waals surface area contributed by atoms with Gasteiger partial charge in [-0.2, -0.15) is 0 Å². The van der Waals surface area contributed by atoms with Crippen molar-refractivity contribution in [3.63, 3.8) is 0 Å². The predicted molar refractivity (Wildman–Crippen MR) is 53.5 cm³/mol. The molecule has 0 spiro atoms. The van der Waals surface area contributed by atoms with Gasteiger partial charge in [-0.3, -0.25) is 0 Å². The fourth-order valence-electron chi connectivity index (χ4n) is 1.28. The molecule has 14 heavy (non-hydrogen) atoms. The third kappa shape index (κ3) is 2.55. The molecule has 2 aromatic carbocycles. The van der Waals surface area contributed by atoms with E-state index in [-0.39, 0.29) is 26.2 Å². The molecule has 0 aliphatic rings. The second kappa shape index (κ2) is 5.12. The van der Waals surface area contributed by atoms with Crippen LogP contribution in [-0.4, -0.2) is 5.11 Å². The minimum atomic E-state index is 0. The number of phenols is 1. The maximum Gasteiger partial charge on any atom is 0.115 e. The monoisotopic (exact) mass is 260 g/mol. The topological polar surface area (TPSA) is 20.2 Å². The van der Waals surface area contributed by atoms with E-state index in [9.17, 15) is 0 Å². The van der Waals surface area contributed by atoms with Gasteiger partial charge in [0, 0.05) is 26.2 Å². The average Bonchev–Trinajstić information content (AvgIpc) is 2.20. The van der Waals surface area contributed by atoms with Crippen LogP contribution in [0.1, 0.15) is 0 Å². The Morgan fingerprint density at radius 3 is 1.71 bits per heavy atom. The van der Waals surface area contributed by atoms with Gasteiger partial charge >= 0.3 is 0 Å². The van der Waals surface area contributed by atoms with Crippen LogP contribution in [0.2, 0.25) is 0 Å². The average molecular weight is 261 g/mol. The van der Waals surface area contributed by atoms with Crippen LogP contribution >= 0.6 is 0 Å². The van der Waals surface area contributed by atoms with E-state index in [2.05, 4.69) is 0 Å². The molecule has 0 fully saturated rings. The molecule has 1 nitrogen and oxygen atoms in total. The Kier molecular flexibility index (Phi) is 4.09. The molecule has 0 atom stereocenters. The summed E-state index contributed by atoms with van der Waals surface area (Å²) in [6.45, 7) is 0. The van der Waals surface area contributed by atoms with Crippen LogP contribution in [0.3, 0.4) is 0 Å². The molecule has 0 saturated carbocycles. The Morgan fingerprint density at radius 2 is 1.14 bits per heavy atom. The Balaban J connectivity index is 0.000000980. The zero-order valence-corrected chi connectivity index (χ0v) is 10.1. The summed E-state index contributed by atoms with van der Waals surface area (Å²) in [6, 6.07) is 17.3. The Morgan fingerprint density at radius 1 is 0.643 bits per heavy atom. The molecule has 68 valence electrons. The van der Waals surface area contributed by atoms with E-state index in [4.69, 9.17) is 5.11 Å². The zero-order valence-electron chi connectivity index (χ0n) is 7.64. The molecule has 0 aromatic heterocycles. The van der Waals surface area contributed by atoms with Crippen molar-refractivity contribution in [2.24, 2.45) is 0 Å². The maximum absolute atomic E-state index is 9.10. The van der Waals surface area contributed by atoms with Gasteiger partial charge < -0.3 is 5.11 Å². The van der Waals surface area contributed by atoms with Crippen LogP contribution in [-0.2, 0) is 26.2 Å². The summed E-state index contributed by atoms with van der Waals surface area (Å²) >= 11 is 0. The quantitative estimate of drug-likeness (QED) is 0.836. The normalized spacial score (nSPS) is 9.14. The van der Waals surface area contributed by atoms with Gasteiger partial charge in [0.25, 0.3) is 0 Å². The Bertz CT molecular complexity index is 381. The number of aromatic hydroxyl groups is 1. The smallest absolute Gasteiger partial charge is 0.115 e. The van der Waals surface area contributed by atoms with Gasteiger partial charge in [0.2, 0.25) is 0 Å². The summed E-state index contributed by atoms with van der Waals surface area (Å²) in [5.74, 6) is 0.305. The second-order valence-electron chi connectivity index (χ2n) is 2.91. The summed E-state index contributed by atoms with van der Waals surface area (Å²) in [4.78, 5) is 0. The standard InChI is InChI=1S/C12H10O.Zr/c13-12-8-6-11(7-9-12)10-4-2-1-3-5-10;/h1-9,13H;. The fourth-order valence-corrected chi connectivity index (χ4v) is 1.28. The van der Waals surface area contributed by atoms with Crippen molar-refractivity contribution in [3.8, 4) is 16.9 Å². The minimum absolute atomic E-state index is 0. The van der Waals surface area contributed by atoms with Crippen LogP contribution in [0.5, 0.6) is 5.75 Å². The first-order valence-corrected chi connectivity index (χ1v) is 4.21. The van der Waals surface area contributed by atoms with Crippen LogP contribution in [0.25, 0.3) is 11.1 Å². The van der Waals surface area contributed by atoms with E-state index < -0.39 is 0 Å². The van der Waals surface area contributed by atoms with Gasteiger partial charge in [0.05, 0.1) is 0 Å². The minimum Gasteiger partial charge on any atom is -0.508 e. The molecule has 2 heteroatoms. The molecule has 2 aromatic rings. The first-order valence-electron chi connectivity index (χ1n) is 4.21. The molecule has 2 rings (SSSR count). The van der Waals surface area contributed by atoms with Crippen LogP contribution in [0.4, 0.5) is 0 Å². The van der Waals surface area contributed by atoms with Crippen LogP contribution in [0, 0.1) is 0 Å². The van der Waals surface area contributed by atoms with Crippen molar-refractivity contribution in [2.75, 3.05) is 0 Å². The van der Waals surface area contributed by atoms with Gasteiger partial charge in [-0.15, -0.1) is 0 Å². The van der Waals surface area contributed by atoms with E-state index in [0.29, 0.717) is 5.75 Å². The van der Waals surface area contributed by atoms with Crippen molar-refractivity contribution >= 4 is 0 Å². The second-order valence-corrected chi connectivity index (χ2v) is 2.91. The predicted octanol–water partition coefficient (Wildman–Crippen LogP) is 3.06. The molecule has 0 bridgehead atoms. The van der Waals surface area contributed by atoms with Gasteiger partial charge in [0.1, 0.15) is 5.75 Å². The molecule has 0 unspecified atom stereocenters. The van der Waals surface area contributed by atoms with E-state index in [0.717, 1.165) is 5.56 Å². The maximum atomic E-state index is 9.10. The van der Waals surface area contributed by atoms with Crippen LogP contribution < -0.4 is 0 Å². The van der Waals surface area contributed by atoms with Crippen molar-refractivity contribution in [2.45, 2.75) is 0 Å². The fraction of sp³-hybridized carbons (Fsp3) is 0. The Labute approximate surface area is 103 Å². The summed E-state index contributed by atoms with van der Waals surface area (Å²) in [5, 5.41) is 9.10. The molecule has 0 aliphatic carbocycles. The molecule has 0 heterocycles. The van der Waals surface area contributed by atoms with Crippen LogP contribution in [0.15, 0.2) is 54.6 Å². The van der Waals surface area contributed by atoms with E-state index in [1.165, 1.54) is 5.56 Å². The summed E-state index contributed by atoms with van der Waals surface area (Å²) in [5.41, 5.74) is 2.29. The van der Waals surface area contributed by atoms with E-state index in [1.54, 1.807) is 12.1 Å². The molecule has 0 aliphatic heterocycles. The molecule has 0 radical (unpaired) electrons. The van der Waals surface area contributed by atoms with Gasteiger partial charge in [-0.25, -0.2) is 0 Å². The van der Waals surface area contributed by atoms with E-state index in [1.807, 2.05) is 42.5 Å². The zero-order chi connectivity index (χ0) is 9.10. The van der Waals surface area contributed by atoms with Crippen molar-refractivity contribution in [3.05, 3.63) is 54.6 Å².